The fourth-order valence-electron chi connectivity index (χ4n) is 8.43. The Labute approximate surface area is 408 Å². The van der Waals surface area contributed by atoms with Gasteiger partial charge in [-0.15, -0.1) is 11.8 Å². The Balaban J connectivity index is 1.59. The van der Waals surface area contributed by atoms with E-state index < -0.39 is 128 Å². The maximum absolute atomic E-state index is 14.2. The summed E-state index contributed by atoms with van der Waals surface area (Å²) in [5, 5.41) is 7.98. The van der Waals surface area contributed by atoms with E-state index in [0.29, 0.717) is 38.5 Å². The van der Waals surface area contributed by atoms with E-state index in [2.05, 4.69) is 16.0 Å². The second-order valence-electron chi connectivity index (χ2n) is 18.4. The van der Waals surface area contributed by atoms with E-state index in [-0.39, 0.29) is 24.5 Å². The first-order valence-electron chi connectivity index (χ1n) is 22.9. The average molecular weight is 984 g/mol. The maximum Gasteiger partial charge on any atom is 0.248 e. The zero-order chi connectivity index (χ0) is 51.3. The molecule has 2 saturated heterocycles. The van der Waals surface area contributed by atoms with E-state index in [9.17, 15) is 52.7 Å². The summed E-state index contributed by atoms with van der Waals surface area (Å²) in [5.74, 6) is -6.45. The van der Waals surface area contributed by atoms with E-state index in [1.807, 2.05) is 31.2 Å². The van der Waals surface area contributed by atoms with Gasteiger partial charge in [-0.2, -0.15) is 0 Å². The molecule has 4 rings (SSSR count). The number of likely N-dealkylation sites (N-methyl/N-ethyl adjacent to an activating group) is 7. The number of nitrogens with zero attached hydrogens (tertiary/aromatic N) is 8. The average Bonchev–Trinajstić information content (AvgIpc) is 4.01. The van der Waals surface area contributed by atoms with E-state index in [4.69, 9.17) is 0 Å². The number of rotatable bonds is 3. The molecule has 2 aliphatic heterocycles. The number of amides is 11. The number of benzene rings is 1. The lowest BCUT2D eigenvalue weighted by molar-refractivity contribution is -0.148. The van der Waals surface area contributed by atoms with Crippen LogP contribution in [-0.2, 0) is 59.2 Å². The van der Waals surface area contributed by atoms with Gasteiger partial charge in [0.15, 0.2) is 0 Å². The summed E-state index contributed by atoms with van der Waals surface area (Å²) in [7, 11) is 11.4. The van der Waals surface area contributed by atoms with Crippen LogP contribution in [0.1, 0.15) is 49.7 Å². The van der Waals surface area contributed by atoms with Gasteiger partial charge in [-0.1, -0.05) is 42.7 Å². The van der Waals surface area contributed by atoms with Crippen molar-refractivity contribution in [1.29, 1.82) is 0 Å². The van der Waals surface area contributed by atoms with Gasteiger partial charge in [0.1, 0.15) is 23.7 Å². The standard InChI is InChI=1S/C46H69N11O11S/c1-30-14-16-31(17-15-30)21-33-44(67)53(6)24-35(58)47-23-38(61)57-20-12-13-32(57)42(65)49-46(18-10-11-19-46)45(68)54(7)27-41(64)56(9)34(43(66)50(2)3)28-69-29-36(59)48-22-37(60)51(4)25-39(62)52(5)26-40(63)55(33)8/h14-17,32-34H,10-13,18-29H2,1-9H3,(H,47,58)(H,48,59)(H,49,65). The molecular formula is C46H69N11O11S. The number of aryl methyl sites for hydroxylation is 1. The van der Waals surface area contributed by atoms with Crippen LogP contribution in [-0.4, -0.2) is 242 Å². The van der Waals surface area contributed by atoms with Gasteiger partial charge in [0.05, 0.1) is 45.0 Å². The predicted molar refractivity (Wildman–Crippen MR) is 255 cm³/mol. The molecule has 3 aliphatic rings. The molecule has 3 atom stereocenters. The molecule has 1 spiro atoms. The zero-order valence-corrected chi connectivity index (χ0v) is 42.1. The Morgan fingerprint density at radius 2 is 1.25 bits per heavy atom. The molecule has 0 aromatic heterocycles. The number of hydrogen-bond donors (Lipinski definition) is 3. The third kappa shape index (κ3) is 14.9. The van der Waals surface area contributed by atoms with Crippen LogP contribution in [0.5, 0.6) is 0 Å². The molecule has 11 amide bonds. The Morgan fingerprint density at radius 1 is 0.681 bits per heavy atom. The number of carbonyl (C=O) groups is 11. The summed E-state index contributed by atoms with van der Waals surface area (Å²) in [5.41, 5.74) is 0.341. The van der Waals surface area contributed by atoms with Crippen LogP contribution < -0.4 is 16.0 Å². The topological polar surface area (TPSA) is 250 Å². The molecule has 1 saturated carbocycles. The monoisotopic (exact) mass is 983 g/mol. The molecule has 3 N–H and O–H groups in total. The van der Waals surface area contributed by atoms with Crippen molar-refractivity contribution < 1.29 is 52.7 Å². The zero-order valence-electron chi connectivity index (χ0n) is 41.3. The molecule has 1 aromatic rings. The van der Waals surface area contributed by atoms with Gasteiger partial charge in [-0.3, -0.25) is 52.7 Å². The predicted octanol–water partition coefficient (Wildman–Crippen LogP) is -2.49. The lowest BCUT2D eigenvalue weighted by Crippen LogP contribution is -2.62. The molecule has 3 unspecified atom stereocenters. The molecule has 69 heavy (non-hydrogen) atoms. The maximum atomic E-state index is 14.2. The van der Waals surface area contributed by atoms with E-state index >= 15 is 0 Å². The highest BCUT2D eigenvalue weighted by molar-refractivity contribution is 8.00. The molecule has 1 aliphatic carbocycles. The van der Waals surface area contributed by atoms with Crippen LogP contribution >= 0.6 is 11.8 Å². The molecule has 23 heteroatoms. The van der Waals surface area contributed by atoms with Crippen molar-refractivity contribution in [1.82, 2.24) is 55.1 Å². The molecule has 2 heterocycles. The lowest BCUT2D eigenvalue weighted by atomic mass is 9.94. The van der Waals surface area contributed by atoms with Crippen molar-refractivity contribution >= 4 is 76.7 Å². The number of thioether (sulfide) groups is 1. The quantitative estimate of drug-likeness (QED) is 0.285. The number of carbonyl (C=O) groups excluding carboxylic acids is 11. The second kappa shape index (κ2) is 24.9. The van der Waals surface area contributed by atoms with Crippen LogP contribution in [0, 0.1) is 6.92 Å². The minimum atomic E-state index is -1.36. The molecule has 380 valence electrons. The van der Waals surface area contributed by atoms with E-state index in [1.165, 1.54) is 80.9 Å². The van der Waals surface area contributed by atoms with Gasteiger partial charge in [-0.05, 0) is 38.2 Å². The van der Waals surface area contributed by atoms with Crippen LogP contribution in [0.2, 0.25) is 0 Å². The first-order valence-corrected chi connectivity index (χ1v) is 24.1. The van der Waals surface area contributed by atoms with Gasteiger partial charge in [0.2, 0.25) is 65.0 Å². The largest absolute Gasteiger partial charge is 0.347 e. The number of fused-ring (bicyclic) bond motifs is 1. The molecule has 0 radical (unpaired) electrons. The smallest absolute Gasteiger partial charge is 0.248 e. The summed E-state index contributed by atoms with van der Waals surface area (Å²) >= 11 is 1.05. The van der Waals surface area contributed by atoms with Crippen LogP contribution in [0.3, 0.4) is 0 Å². The number of nitrogens with one attached hydrogen (secondary N) is 3. The van der Waals surface area contributed by atoms with Gasteiger partial charge in [0, 0.05) is 75.1 Å². The molecule has 0 bridgehead atoms. The van der Waals surface area contributed by atoms with Crippen molar-refractivity contribution in [2.75, 3.05) is 114 Å². The molecule has 22 nitrogen and oxygen atoms in total. The highest BCUT2D eigenvalue weighted by Crippen LogP contribution is 2.32. The van der Waals surface area contributed by atoms with Crippen LogP contribution in [0.15, 0.2) is 24.3 Å². The lowest BCUT2D eigenvalue weighted by Gasteiger charge is -2.36. The van der Waals surface area contributed by atoms with Crippen molar-refractivity contribution in [3.63, 3.8) is 0 Å². The molecular weight excluding hydrogens is 915 g/mol. The van der Waals surface area contributed by atoms with Gasteiger partial charge in [0.25, 0.3) is 0 Å². The Kier molecular flexibility index (Phi) is 19.9. The van der Waals surface area contributed by atoms with Gasteiger partial charge >= 0.3 is 0 Å². The van der Waals surface area contributed by atoms with Crippen LogP contribution in [0.4, 0.5) is 0 Å². The van der Waals surface area contributed by atoms with Gasteiger partial charge in [-0.25, -0.2) is 0 Å². The summed E-state index contributed by atoms with van der Waals surface area (Å²) in [6.45, 7) is -0.636. The molecule has 1 aromatic carbocycles. The fourth-order valence-corrected chi connectivity index (χ4v) is 9.42. The highest BCUT2D eigenvalue weighted by Gasteiger charge is 2.47. The minimum absolute atomic E-state index is 0.00915. The van der Waals surface area contributed by atoms with E-state index in [1.54, 1.807) is 0 Å². The van der Waals surface area contributed by atoms with E-state index in [0.717, 1.165) is 37.6 Å². The third-order valence-corrected chi connectivity index (χ3v) is 13.9. The fraction of sp³-hybridized carbons (Fsp3) is 0.630. The Morgan fingerprint density at radius 3 is 1.88 bits per heavy atom. The molecule has 3 fully saturated rings. The first kappa shape index (κ1) is 55.3. The van der Waals surface area contributed by atoms with Crippen LogP contribution in [0.25, 0.3) is 0 Å². The Hall–Kier alpha value is -6.26. The third-order valence-electron chi connectivity index (χ3n) is 12.8. The van der Waals surface area contributed by atoms with Crippen molar-refractivity contribution in [2.24, 2.45) is 0 Å². The normalized spacial score (nSPS) is 23.6. The summed E-state index contributed by atoms with van der Waals surface area (Å²) < 4.78 is 0. The van der Waals surface area contributed by atoms with Crippen molar-refractivity contribution in [2.45, 2.75) is 75.5 Å². The Bertz CT molecular complexity index is 2120. The SMILES string of the molecule is Cc1ccc(CC2C(=O)N(C)CC(=O)NCC(=O)N3CCCC3C(=O)NC3(CCCC3)C(=O)N(C)CC(=O)N(C)C(C(=O)N(C)C)CSCC(=O)NCC(=O)N(C)CC(=O)N(C)CC(=O)N2C)cc1. The van der Waals surface area contributed by atoms with Gasteiger partial charge < -0.3 is 55.1 Å². The summed E-state index contributed by atoms with van der Waals surface area (Å²) in [6, 6.07) is 4.25. The van der Waals surface area contributed by atoms with Crippen molar-refractivity contribution in [3.05, 3.63) is 35.4 Å². The van der Waals surface area contributed by atoms with Crippen molar-refractivity contribution in [3.8, 4) is 0 Å². The highest BCUT2D eigenvalue weighted by atomic mass is 32.2. The minimum Gasteiger partial charge on any atom is -0.347 e. The summed E-state index contributed by atoms with van der Waals surface area (Å²) in [4.78, 5) is 159. The second-order valence-corrected chi connectivity index (χ2v) is 19.4. The summed E-state index contributed by atoms with van der Waals surface area (Å²) in [6.07, 6.45) is 2.69. The first-order chi connectivity index (χ1) is 32.5. The number of hydrogen-bond acceptors (Lipinski definition) is 12.